The van der Waals surface area contributed by atoms with Crippen LogP contribution in [0.15, 0.2) is 53.6 Å². The second kappa shape index (κ2) is 9.73. The van der Waals surface area contributed by atoms with Gasteiger partial charge in [0.2, 0.25) is 5.91 Å². The van der Waals surface area contributed by atoms with Gasteiger partial charge in [0.1, 0.15) is 5.82 Å². The van der Waals surface area contributed by atoms with E-state index in [2.05, 4.69) is 57.0 Å². The first-order valence-electron chi connectivity index (χ1n) is 10.6. The summed E-state index contributed by atoms with van der Waals surface area (Å²) in [5.74, 6) is 0.710. The number of rotatable bonds is 6. The van der Waals surface area contributed by atoms with Crippen molar-refractivity contribution in [1.29, 1.82) is 0 Å². The van der Waals surface area contributed by atoms with Gasteiger partial charge in [0.25, 0.3) is 0 Å². The number of fused-ring (bicyclic) bond motifs is 1. The van der Waals surface area contributed by atoms with Crippen LogP contribution in [-0.2, 0) is 11.3 Å². The smallest absolute Gasteiger partial charge is 0.224 e. The molecule has 3 nitrogen and oxygen atoms in total. The van der Waals surface area contributed by atoms with Gasteiger partial charge in [0.15, 0.2) is 0 Å². The van der Waals surface area contributed by atoms with E-state index in [0.717, 1.165) is 38.7 Å². The Morgan fingerprint density at radius 2 is 1.87 bits per heavy atom. The summed E-state index contributed by atoms with van der Waals surface area (Å²) in [5, 5.41) is 3.19. The quantitative estimate of drug-likeness (QED) is 0.485. The van der Waals surface area contributed by atoms with Crippen LogP contribution in [0.3, 0.4) is 0 Å². The minimum absolute atomic E-state index is 0.0346. The zero-order valence-corrected chi connectivity index (χ0v) is 19.8. The van der Waals surface area contributed by atoms with Gasteiger partial charge in [-0.05, 0) is 53.5 Å². The van der Waals surface area contributed by atoms with Crippen LogP contribution in [0, 0.1) is 18.2 Å². The van der Waals surface area contributed by atoms with Gasteiger partial charge in [0, 0.05) is 35.3 Å². The maximum Gasteiger partial charge on any atom is 0.224 e. The molecule has 0 saturated heterocycles. The van der Waals surface area contributed by atoms with E-state index in [0.29, 0.717) is 13.0 Å². The molecule has 164 valence electrons. The number of allylic oxidation sites excluding steroid dienone is 2. The Balaban J connectivity index is 2.01. The minimum atomic E-state index is -0.231. The molecule has 1 N–H and O–H groups in total. The number of nitrogens with zero attached hydrogens (tertiary/aromatic N) is 1. The molecule has 3 rings (SSSR count). The lowest BCUT2D eigenvalue weighted by Crippen LogP contribution is -2.21. The SMILES string of the molecule is CCSc1cc2c(c(C)c1NC(=O)CC(C)(C)C)C=CC=CN2Cc1ccc(F)cc1. The number of hydrogen-bond donors (Lipinski definition) is 1. The fourth-order valence-electron chi connectivity index (χ4n) is 3.63. The van der Waals surface area contributed by atoms with E-state index < -0.39 is 0 Å². The van der Waals surface area contributed by atoms with Crippen molar-refractivity contribution in [3.8, 4) is 0 Å². The van der Waals surface area contributed by atoms with Crippen LogP contribution >= 0.6 is 11.8 Å². The van der Waals surface area contributed by atoms with Crippen LogP contribution in [0.4, 0.5) is 15.8 Å². The average Bonchev–Trinajstić information content (AvgIpc) is 2.88. The van der Waals surface area contributed by atoms with Crippen molar-refractivity contribution in [2.24, 2.45) is 5.41 Å². The minimum Gasteiger partial charge on any atom is -0.343 e. The molecule has 31 heavy (non-hydrogen) atoms. The Kier molecular flexibility index (Phi) is 7.26. The Morgan fingerprint density at radius 1 is 1.16 bits per heavy atom. The molecule has 0 spiro atoms. The number of hydrogen-bond acceptors (Lipinski definition) is 3. The van der Waals surface area contributed by atoms with Crippen LogP contribution < -0.4 is 10.2 Å². The highest BCUT2D eigenvalue weighted by Gasteiger charge is 2.22. The van der Waals surface area contributed by atoms with Crippen molar-refractivity contribution >= 4 is 35.1 Å². The molecule has 0 unspecified atom stereocenters. The number of nitrogens with one attached hydrogen (secondary N) is 1. The van der Waals surface area contributed by atoms with Gasteiger partial charge in [0.05, 0.1) is 5.69 Å². The Labute approximate surface area is 189 Å². The molecule has 0 aromatic heterocycles. The van der Waals surface area contributed by atoms with Gasteiger partial charge >= 0.3 is 0 Å². The summed E-state index contributed by atoms with van der Waals surface area (Å²) in [4.78, 5) is 16.0. The molecule has 0 bridgehead atoms. The molecule has 0 saturated carbocycles. The van der Waals surface area contributed by atoms with Crippen LogP contribution in [0.2, 0.25) is 0 Å². The lowest BCUT2D eigenvalue weighted by atomic mass is 9.92. The Morgan fingerprint density at radius 3 is 2.52 bits per heavy atom. The molecule has 1 heterocycles. The highest BCUT2D eigenvalue weighted by atomic mass is 32.2. The van der Waals surface area contributed by atoms with Gasteiger partial charge in [-0.15, -0.1) is 11.8 Å². The van der Waals surface area contributed by atoms with Crippen molar-refractivity contribution in [2.75, 3.05) is 16.0 Å². The Hall–Kier alpha value is -2.53. The molecule has 0 aliphatic carbocycles. The predicted octanol–water partition coefficient (Wildman–Crippen LogP) is 7.17. The van der Waals surface area contributed by atoms with Gasteiger partial charge in [-0.3, -0.25) is 4.79 Å². The van der Waals surface area contributed by atoms with Crippen LogP contribution in [-0.4, -0.2) is 11.7 Å². The topological polar surface area (TPSA) is 32.3 Å². The van der Waals surface area contributed by atoms with Crippen LogP contribution in [0.1, 0.15) is 50.8 Å². The number of amides is 1. The lowest BCUT2D eigenvalue weighted by molar-refractivity contribution is -0.117. The lowest BCUT2D eigenvalue weighted by Gasteiger charge is -2.26. The maximum atomic E-state index is 13.3. The normalized spacial score (nSPS) is 13.2. The third-order valence-corrected chi connectivity index (χ3v) is 5.96. The standard InChI is InChI=1S/C26H31FN2OS/c1-6-31-23-15-22-21(18(2)25(23)28-24(30)16-26(3,4)5)9-7-8-14-29(22)17-19-10-12-20(27)13-11-19/h7-15H,6,16-17H2,1-5H3,(H,28,30). The van der Waals surface area contributed by atoms with Crippen molar-refractivity contribution in [3.05, 3.63) is 71.2 Å². The summed E-state index contributed by atoms with van der Waals surface area (Å²) in [6.07, 6.45) is 8.63. The number of halogens is 1. The van der Waals surface area contributed by atoms with Crippen molar-refractivity contribution in [3.63, 3.8) is 0 Å². The van der Waals surface area contributed by atoms with E-state index in [9.17, 15) is 9.18 Å². The number of thioether (sulfide) groups is 1. The average molecular weight is 439 g/mol. The summed E-state index contributed by atoms with van der Waals surface area (Å²) in [7, 11) is 0. The number of carbonyl (C=O) groups is 1. The van der Waals surface area contributed by atoms with Gasteiger partial charge in [-0.25, -0.2) is 4.39 Å². The summed E-state index contributed by atoms with van der Waals surface area (Å²) in [6, 6.07) is 8.78. The Bertz CT molecular complexity index is 1000. The molecule has 0 fully saturated rings. The largest absolute Gasteiger partial charge is 0.343 e. The zero-order valence-electron chi connectivity index (χ0n) is 19.0. The van der Waals surface area contributed by atoms with Crippen molar-refractivity contribution in [2.45, 2.75) is 52.5 Å². The third kappa shape index (κ3) is 6.01. The number of anilines is 2. The first-order valence-corrected chi connectivity index (χ1v) is 11.6. The maximum absolute atomic E-state index is 13.3. The molecule has 5 heteroatoms. The zero-order chi connectivity index (χ0) is 22.6. The van der Waals surface area contributed by atoms with Gasteiger partial charge < -0.3 is 10.2 Å². The second-order valence-corrected chi connectivity index (χ2v) is 10.3. The van der Waals surface area contributed by atoms with E-state index in [-0.39, 0.29) is 17.1 Å². The van der Waals surface area contributed by atoms with E-state index in [1.54, 1.807) is 11.8 Å². The van der Waals surface area contributed by atoms with Crippen LogP contribution in [0.5, 0.6) is 0 Å². The molecular weight excluding hydrogens is 407 g/mol. The first kappa shape index (κ1) is 23.1. The van der Waals surface area contributed by atoms with Crippen molar-refractivity contribution in [1.82, 2.24) is 0 Å². The summed E-state index contributed by atoms with van der Waals surface area (Å²) < 4.78 is 13.3. The predicted molar refractivity (Wildman–Crippen MR) is 131 cm³/mol. The monoisotopic (exact) mass is 438 g/mol. The molecule has 1 aliphatic rings. The summed E-state index contributed by atoms with van der Waals surface area (Å²) in [6.45, 7) is 11.0. The molecule has 2 aromatic rings. The molecule has 1 aliphatic heterocycles. The second-order valence-electron chi connectivity index (χ2n) is 8.98. The van der Waals surface area contributed by atoms with E-state index in [4.69, 9.17) is 0 Å². The fraction of sp³-hybridized carbons (Fsp3) is 0.346. The van der Waals surface area contributed by atoms with E-state index >= 15 is 0 Å². The number of benzene rings is 2. The highest BCUT2D eigenvalue weighted by molar-refractivity contribution is 7.99. The molecular formula is C26H31FN2OS. The van der Waals surface area contributed by atoms with Gasteiger partial charge in [-0.1, -0.05) is 52.0 Å². The van der Waals surface area contributed by atoms with Gasteiger partial charge in [-0.2, -0.15) is 0 Å². The summed E-state index contributed by atoms with van der Waals surface area (Å²) >= 11 is 1.73. The first-order chi connectivity index (χ1) is 14.7. The number of carbonyl (C=O) groups excluding carboxylic acids is 1. The highest BCUT2D eigenvalue weighted by Crippen LogP contribution is 2.40. The van der Waals surface area contributed by atoms with Crippen molar-refractivity contribution < 1.29 is 9.18 Å². The molecule has 1 amide bonds. The molecule has 0 atom stereocenters. The molecule has 2 aromatic carbocycles. The fourth-order valence-corrected chi connectivity index (χ4v) is 4.49. The van der Waals surface area contributed by atoms with E-state index in [1.807, 2.05) is 30.5 Å². The third-order valence-electron chi connectivity index (χ3n) is 5.04. The van der Waals surface area contributed by atoms with E-state index in [1.165, 1.54) is 12.1 Å². The summed E-state index contributed by atoms with van der Waals surface area (Å²) in [5.41, 5.74) is 5.07. The van der Waals surface area contributed by atoms with Crippen LogP contribution in [0.25, 0.3) is 6.08 Å². The molecule has 0 radical (unpaired) electrons.